The lowest BCUT2D eigenvalue weighted by atomic mass is 9.94. The number of halogens is 9. The van der Waals surface area contributed by atoms with Crippen LogP contribution in [0.15, 0.2) is 17.1 Å². The van der Waals surface area contributed by atoms with Gasteiger partial charge in [-0.1, -0.05) is 23.2 Å². The van der Waals surface area contributed by atoms with Crippen LogP contribution in [-0.4, -0.2) is 53.8 Å². The summed E-state index contributed by atoms with van der Waals surface area (Å²) in [5.74, 6) is -5.48. The largest absolute Gasteiger partial charge is 0.435 e. The van der Waals surface area contributed by atoms with Gasteiger partial charge in [-0.25, -0.2) is 18.5 Å². The molecular weight excluding hydrogens is 506 g/mol. The van der Waals surface area contributed by atoms with Crippen LogP contribution in [0.1, 0.15) is 17.7 Å². The summed E-state index contributed by atoms with van der Waals surface area (Å²) in [6, 6.07) is 3.12. The van der Waals surface area contributed by atoms with Gasteiger partial charge in [-0.05, 0) is 0 Å². The van der Waals surface area contributed by atoms with Gasteiger partial charge in [0.2, 0.25) is 0 Å². The second-order valence-corrected chi connectivity index (χ2v) is 7.99. The highest BCUT2D eigenvalue weighted by molar-refractivity contribution is 6.38. The van der Waals surface area contributed by atoms with Crippen molar-refractivity contribution >= 4 is 35.4 Å². The van der Waals surface area contributed by atoms with E-state index in [9.17, 15) is 36.0 Å². The first-order valence-electron chi connectivity index (χ1n) is 8.79. The minimum absolute atomic E-state index is 0.380. The number of alkyl halides is 7. The summed E-state index contributed by atoms with van der Waals surface area (Å²) in [5, 5.41) is 12.3. The van der Waals surface area contributed by atoms with Gasteiger partial charge < -0.3 is 9.64 Å². The van der Waals surface area contributed by atoms with Crippen LogP contribution in [0.5, 0.6) is 5.75 Å². The molecule has 1 atom stereocenters. The maximum absolute atomic E-state index is 14.2. The number of aliphatic imine (C=N–C) groups is 1. The van der Waals surface area contributed by atoms with Crippen LogP contribution in [-0.2, 0) is 5.41 Å². The van der Waals surface area contributed by atoms with E-state index in [4.69, 9.17) is 23.2 Å². The van der Waals surface area contributed by atoms with Crippen molar-refractivity contribution in [2.24, 2.45) is 4.99 Å². The Balaban J connectivity index is 2.36. The van der Waals surface area contributed by atoms with E-state index in [2.05, 4.69) is 14.8 Å². The molecule has 0 amide bonds. The fraction of sp³-hybridized carbons (Fsp3) is 0.389. The van der Waals surface area contributed by atoms with E-state index in [-0.39, 0.29) is 5.69 Å². The molecule has 1 aromatic carbocycles. The third-order valence-electron chi connectivity index (χ3n) is 4.70. The molecule has 178 valence electrons. The Morgan fingerprint density at radius 3 is 2.21 bits per heavy atom. The Morgan fingerprint density at radius 1 is 1.27 bits per heavy atom. The second-order valence-electron chi connectivity index (χ2n) is 7.18. The van der Waals surface area contributed by atoms with E-state index in [0.29, 0.717) is 4.68 Å². The number of ether oxygens (including phenoxy) is 1. The summed E-state index contributed by atoms with van der Waals surface area (Å²) < 4.78 is 99.9. The van der Waals surface area contributed by atoms with Crippen molar-refractivity contribution < 1.29 is 35.5 Å². The first-order valence-corrected chi connectivity index (χ1v) is 9.55. The molecule has 1 aromatic heterocycles. The van der Waals surface area contributed by atoms with Gasteiger partial charge in [0.05, 0.1) is 21.9 Å². The number of rotatable bonds is 6. The first kappa shape index (κ1) is 24.9. The van der Waals surface area contributed by atoms with Crippen LogP contribution in [0.4, 0.5) is 36.6 Å². The van der Waals surface area contributed by atoms with E-state index < -0.39 is 63.4 Å². The zero-order valence-electron chi connectivity index (χ0n) is 16.6. The molecule has 1 aliphatic carbocycles. The number of aromatic nitrogens is 2. The smallest absolute Gasteiger partial charge is 0.404 e. The molecule has 1 heterocycles. The molecule has 6 nitrogen and oxygen atoms in total. The Hall–Kier alpha value is -2.72. The lowest BCUT2D eigenvalue weighted by Crippen LogP contribution is -2.35. The van der Waals surface area contributed by atoms with Crippen molar-refractivity contribution in [1.82, 2.24) is 14.7 Å². The van der Waals surface area contributed by atoms with E-state index in [1.807, 2.05) is 0 Å². The molecule has 0 aliphatic heterocycles. The highest BCUT2D eigenvalue weighted by Crippen LogP contribution is 2.70. The predicted octanol–water partition coefficient (Wildman–Crippen LogP) is 5.71. The van der Waals surface area contributed by atoms with Gasteiger partial charge in [0, 0.05) is 32.6 Å². The average molecular weight is 518 g/mol. The average Bonchev–Trinajstić information content (AvgIpc) is 3.08. The van der Waals surface area contributed by atoms with Gasteiger partial charge in [0.1, 0.15) is 17.5 Å². The number of nitriles is 1. The fourth-order valence-electron chi connectivity index (χ4n) is 3.25. The van der Waals surface area contributed by atoms with Crippen LogP contribution in [0.25, 0.3) is 5.69 Å². The lowest BCUT2D eigenvalue weighted by Gasteiger charge is -2.20. The topological polar surface area (TPSA) is 66.4 Å². The van der Waals surface area contributed by atoms with Crippen molar-refractivity contribution in [2.45, 2.75) is 30.5 Å². The van der Waals surface area contributed by atoms with Crippen LogP contribution >= 0.6 is 23.2 Å². The van der Waals surface area contributed by atoms with Gasteiger partial charge in [0.15, 0.2) is 16.9 Å². The summed E-state index contributed by atoms with van der Waals surface area (Å²) in [5.41, 5.74) is -6.22. The molecule has 0 saturated heterocycles. The highest BCUT2D eigenvalue weighted by Gasteiger charge is 2.86. The molecule has 1 aliphatic rings. The second kappa shape index (κ2) is 8.25. The zero-order chi connectivity index (χ0) is 24.9. The van der Waals surface area contributed by atoms with Gasteiger partial charge in [-0.3, -0.25) is 0 Å². The van der Waals surface area contributed by atoms with Crippen molar-refractivity contribution in [3.63, 3.8) is 0 Å². The Labute approximate surface area is 191 Å². The molecule has 0 spiro atoms. The van der Waals surface area contributed by atoms with Crippen molar-refractivity contribution in [3.05, 3.63) is 33.4 Å². The van der Waals surface area contributed by atoms with Crippen molar-refractivity contribution in [2.75, 3.05) is 14.1 Å². The molecule has 3 rings (SSSR count). The van der Waals surface area contributed by atoms with E-state index in [0.717, 1.165) is 18.5 Å². The molecule has 1 saturated carbocycles. The Kier molecular flexibility index (Phi) is 6.23. The Bertz CT molecular complexity index is 1130. The normalized spacial score (nSPS) is 19.7. The Morgan fingerprint density at radius 2 is 1.82 bits per heavy atom. The van der Waals surface area contributed by atoms with Gasteiger partial charge >= 0.3 is 12.8 Å². The fourth-order valence-corrected chi connectivity index (χ4v) is 3.88. The number of benzene rings is 1. The molecule has 0 bridgehead atoms. The number of nitrogens with zero attached hydrogens (tertiary/aromatic N) is 5. The summed E-state index contributed by atoms with van der Waals surface area (Å²) in [7, 11) is 2.91. The molecular formula is C18H12Cl2F7N5O. The summed E-state index contributed by atoms with van der Waals surface area (Å²) in [4.78, 5) is 5.13. The minimum atomic E-state index is -5.46. The molecule has 0 radical (unpaired) electrons. The van der Waals surface area contributed by atoms with E-state index in [1.54, 1.807) is 0 Å². The van der Waals surface area contributed by atoms with Crippen LogP contribution in [0.2, 0.25) is 10.0 Å². The third-order valence-corrected chi connectivity index (χ3v) is 5.28. The maximum atomic E-state index is 14.2. The van der Waals surface area contributed by atoms with Crippen molar-refractivity contribution in [3.8, 4) is 17.5 Å². The quantitative estimate of drug-likeness (QED) is 0.279. The SMILES string of the molecule is CN(C)/C=N\c1c(C2(C(F)(F)F)CC2(F)F)c(C#N)nn1-c1c(Cl)cc(OC(F)F)cc1Cl. The molecule has 0 N–H and O–H groups in total. The standard InChI is InChI=1S/C18H12Cl2F7N5O/c1-31(2)7-29-14-12(16(18(25,26)27)6-17(16,23)24)11(5-28)30-32(14)13-9(19)3-8(4-10(13)20)33-15(21)22/h3-4,7,15H,6H2,1-2H3/b29-7-. The van der Waals surface area contributed by atoms with Gasteiger partial charge in [-0.2, -0.15) is 32.3 Å². The number of hydrogen-bond donors (Lipinski definition) is 0. The molecule has 1 fully saturated rings. The monoisotopic (exact) mass is 517 g/mol. The van der Waals surface area contributed by atoms with Crippen LogP contribution < -0.4 is 4.74 Å². The maximum Gasteiger partial charge on any atom is 0.404 e. The molecule has 33 heavy (non-hydrogen) atoms. The van der Waals surface area contributed by atoms with Gasteiger partial charge in [0.25, 0.3) is 5.92 Å². The van der Waals surface area contributed by atoms with Crippen molar-refractivity contribution in [1.29, 1.82) is 5.26 Å². The first-order chi connectivity index (χ1) is 15.2. The zero-order valence-corrected chi connectivity index (χ0v) is 18.1. The molecule has 15 heteroatoms. The minimum Gasteiger partial charge on any atom is -0.435 e. The van der Waals surface area contributed by atoms with E-state index >= 15 is 0 Å². The van der Waals surface area contributed by atoms with E-state index in [1.165, 1.54) is 25.1 Å². The number of hydrogen-bond acceptors (Lipinski definition) is 4. The summed E-state index contributed by atoms with van der Waals surface area (Å²) in [6.45, 7) is -3.23. The van der Waals surface area contributed by atoms with Crippen LogP contribution in [0, 0.1) is 11.3 Å². The predicted molar refractivity (Wildman–Crippen MR) is 104 cm³/mol. The summed E-state index contributed by atoms with van der Waals surface area (Å²) in [6.07, 6.45) is -6.07. The highest BCUT2D eigenvalue weighted by atomic mass is 35.5. The molecule has 2 aromatic rings. The molecule has 1 unspecified atom stereocenters. The van der Waals surface area contributed by atoms with Gasteiger partial charge in [-0.15, -0.1) is 0 Å². The summed E-state index contributed by atoms with van der Waals surface area (Å²) >= 11 is 12.2. The lowest BCUT2D eigenvalue weighted by molar-refractivity contribution is -0.182. The third kappa shape index (κ3) is 4.17. The van der Waals surface area contributed by atoms with Crippen LogP contribution in [0.3, 0.4) is 0 Å².